The van der Waals surface area contributed by atoms with Crippen LogP contribution in [0.5, 0.6) is 0 Å². The summed E-state index contributed by atoms with van der Waals surface area (Å²) in [6, 6.07) is 5.18. The van der Waals surface area contributed by atoms with Gasteiger partial charge in [-0.3, -0.25) is 0 Å². The molecule has 0 bridgehead atoms. The van der Waals surface area contributed by atoms with Crippen molar-refractivity contribution in [1.29, 1.82) is 0 Å². The van der Waals surface area contributed by atoms with Crippen molar-refractivity contribution in [2.75, 3.05) is 6.54 Å². The molecule has 0 aromatic carbocycles. The fourth-order valence-electron chi connectivity index (χ4n) is 3.81. The molecule has 0 amide bonds. The number of rotatable bonds is 7. The fraction of sp³-hybridized carbons (Fsp3) is 0.765. The SMILES string of the molecule is CCCC1(CNC(c2cccs2)C2CCCC2)CC1. The Morgan fingerprint density at radius 3 is 2.74 bits per heavy atom. The van der Waals surface area contributed by atoms with Gasteiger partial charge in [0.2, 0.25) is 0 Å². The summed E-state index contributed by atoms with van der Waals surface area (Å²) in [5.74, 6) is 0.885. The number of hydrogen-bond donors (Lipinski definition) is 1. The van der Waals surface area contributed by atoms with Gasteiger partial charge in [0, 0.05) is 17.5 Å². The third-order valence-corrected chi connectivity index (χ3v) is 6.11. The summed E-state index contributed by atoms with van der Waals surface area (Å²) in [7, 11) is 0. The maximum atomic E-state index is 3.96. The van der Waals surface area contributed by atoms with E-state index in [-0.39, 0.29) is 0 Å². The Hall–Kier alpha value is -0.340. The zero-order chi connectivity index (χ0) is 13.1. The molecular formula is C17H27NS. The molecule has 2 saturated carbocycles. The Bertz CT molecular complexity index is 374. The number of thiophene rings is 1. The van der Waals surface area contributed by atoms with E-state index in [1.807, 2.05) is 11.3 Å². The minimum atomic E-state index is 0.636. The van der Waals surface area contributed by atoms with E-state index < -0.39 is 0 Å². The molecule has 1 aromatic rings. The van der Waals surface area contributed by atoms with Crippen molar-refractivity contribution in [1.82, 2.24) is 5.32 Å². The van der Waals surface area contributed by atoms with Crippen molar-refractivity contribution >= 4 is 11.3 Å². The van der Waals surface area contributed by atoms with E-state index in [1.165, 1.54) is 57.9 Å². The fourth-order valence-corrected chi connectivity index (χ4v) is 4.70. The van der Waals surface area contributed by atoms with E-state index in [0.717, 1.165) is 5.92 Å². The Labute approximate surface area is 121 Å². The third-order valence-electron chi connectivity index (χ3n) is 5.16. The summed E-state index contributed by atoms with van der Waals surface area (Å²) >= 11 is 1.94. The highest BCUT2D eigenvalue weighted by Crippen LogP contribution is 2.49. The second kappa shape index (κ2) is 5.97. The van der Waals surface area contributed by atoms with Gasteiger partial charge in [-0.05, 0) is 54.9 Å². The van der Waals surface area contributed by atoms with Gasteiger partial charge in [-0.1, -0.05) is 32.3 Å². The summed E-state index contributed by atoms with van der Waals surface area (Å²) in [6.45, 7) is 3.58. The lowest BCUT2D eigenvalue weighted by molar-refractivity contribution is 0.324. The quantitative estimate of drug-likeness (QED) is 0.727. The summed E-state index contributed by atoms with van der Waals surface area (Å²) in [4.78, 5) is 1.57. The van der Waals surface area contributed by atoms with Crippen molar-refractivity contribution in [3.05, 3.63) is 22.4 Å². The molecular weight excluding hydrogens is 250 g/mol. The van der Waals surface area contributed by atoms with Gasteiger partial charge >= 0.3 is 0 Å². The second-order valence-corrected chi connectivity index (χ2v) is 7.65. The molecule has 1 nitrogen and oxygen atoms in total. The van der Waals surface area contributed by atoms with Gasteiger partial charge in [0.15, 0.2) is 0 Å². The van der Waals surface area contributed by atoms with Crippen molar-refractivity contribution in [2.45, 2.75) is 64.3 Å². The smallest absolute Gasteiger partial charge is 0.0443 e. The van der Waals surface area contributed by atoms with Gasteiger partial charge in [-0.25, -0.2) is 0 Å². The Morgan fingerprint density at radius 2 is 2.16 bits per heavy atom. The van der Waals surface area contributed by atoms with Crippen LogP contribution in [0.15, 0.2) is 17.5 Å². The van der Waals surface area contributed by atoms with E-state index in [0.29, 0.717) is 11.5 Å². The molecule has 1 atom stereocenters. The minimum Gasteiger partial charge on any atom is -0.308 e. The molecule has 2 heteroatoms. The van der Waals surface area contributed by atoms with Crippen molar-refractivity contribution in [3.63, 3.8) is 0 Å². The van der Waals surface area contributed by atoms with Crippen LogP contribution in [-0.2, 0) is 0 Å². The lowest BCUT2D eigenvalue weighted by Gasteiger charge is -2.26. The predicted octanol–water partition coefficient (Wildman–Crippen LogP) is 5.15. The second-order valence-electron chi connectivity index (χ2n) is 6.67. The van der Waals surface area contributed by atoms with E-state index in [2.05, 4.69) is 29.8 Å². The monoisotopic (exact) mass is 277 g/mol. The lowest BCUT2D eigenvalue weighted by atomic mass is 9.94. The average Bonchev–Trinajstić information content (AvgIpc) is 2.90. The predicted molar refractivity (Wildman–Crippen MR) is 83.6 cm³/mol. The standard InChI is InChI=1S/C17H27NS/c1-2-9-17(10-11-17)13-18-16(14-6-3-4-7-14)15-8-5-12-19-15/h5,8,12,14,16,18H,2-4,6-7,9-11,13H2,1H3. The topological polar surface area (TPSA) is 12.0 Å². The molecule has 0 radical (unpaired) electrons. The van der Waals surface area contributed by atoms with E-state index in [4.69, 9.17) is 0 Å². The molecule has 1 heterocycles. The minimum absolute atomic E-state index is 0.636. The van der Waals surface area contributed by atoms with Gasteiger partial charge in [-0.2, -0.15) is 0 Å². The van der Waals surface area contributed by atoms with E-state index >= 15 is 0 Å². The van der Waals surface area contributed by atoms with Crippen LogP contribution < -0.4 is 5.32 Å². The van der Waals surface area contributed by atoms with Crippen LogP contribution in [-0.4, -0.2) is 6.54 Å². The molecule has 1 unspecified atom stereocenters. The van der Waals surface area contributed by atoms with Crippen LogP contribution in [0.1, 0.15) is 69.2 Å². The van der Waals surface area contributed by atoms with E-state index in [9.17, 15) is 0 Å². The van der Waals surface area contributed by atoms with Gasteiger partial charge in [0.05, 0.1) is 0 Å². The molecule has 0 saturated heterocycles. The van der Waals surface area contributed by atoms with Crippen molar-refractivity contribution < 1.29 is 0 Å². The number of hydrogen-bond acceptors (Lipinski definition) is 2. The lowest BCUT2D eigenvalue weighted by Crippen LogP contribution is -2.31. The highest BCUT2D eigenvalue weighted by atomic mass is 32.1. The molecule has 2 aliphatic carbocycles. The number of nitrogens with one attached hydrogen (secondary N) is 1. The van der Waals surface area contributed by atoms with Crippen LogP contribution in [0.4, 0.5) is 0 Å². The van der Waals surface area contributed by atoms with Gasteiger partial charge < -0.3 is 5.32 Å². The van der Waals surface area contributed by atoms with Crippen molar-refractivity contribution in [3.8, 4) is 0 Å². The Morgan fingerprint density at radius 1 is 1.37 bits per heavy atom. The molecule has 0 aliphatic heterocycles. The largest absolute Gasteiger partial charge is 0.308 e. The molecule has 1 aromatic heterocycles. The zero-order valence-corrected chi connectivity index (χ0v) is 13.0. The molecule has 19 heavy (non-hydrogen) atoms. The maximum absolute atomic E-state index is 3.96. The molecule has 3 rings (SSSR count). The van der Waals surface area contributed by atoms with Gasteiger partial charge in [-0.15, -0.1) is 11.3 Å². The summed E-state index contributed by atoms with van der Waals surface area (Å²) < 4.78 is 0. The van der Waals surface area contributed by atoms with Gasteiger partial charge in [0.1, 0.15) is 0 Å². The van der Waals surface area contributed by atoms with E-state index in [1.54, 1.807) is 4.88 Å². The highest BCUT2D eigenvalue weighted by Gasteiger charge is 2.42. The average molecular weight is 277 g/mol. The van der Waals surface area contributed by atoms with Crippen LogP contribution in [0.2, 0.25) is 0 Å². The summed E-state index contributed by atoms with van der Waals surface area (Å²) in [6.07, 6.45) is 11.4. The third kappa shape index (κ3) is 3.22. The molecule has 0 spiro atoms. The van der Waals surface area contributed by atoms with Crippen LogP contribution in [0.25, 0.3) is 0 Å². The molecule has 106 valence electrons. The molecule has 2 aliphatic rings. The first kappa shape index (κ1) is 13.6. The Kier molecular flexibility index (Phi) is 4.28. The van der Waals surface area contributed by atoms with Crippen LogP contribution in [0.3, 0.4) is 0 Å². The molecule has 1 N–H and O–H groups in total. The first-order chi connectivity index (χ1) is 9.33. The summed E-state index contributed by atoms with van der Waals surface area (Å²) in [5, 5.41) is 6.20. The van der Waals surface area contributed by atoms with Crippen LogP contribution in [0, 0.1) is 11.3 Å². The first-order valence-corrected chi connectivity index (χ1v) is 8.98. The summed E-state index contributed by atoms with van der Waals surface area (Å²) in [5.41, 5.74) is 0.670. The van der Waals surface area contributed by atoms with Gasteiger partial charge in [0.25, 0.3) is 0 Å². The zero-order valence-electron chi connectivity index (χ0n) is 12.2. The maximum Gasteiger partial charge on any atom is 0.0443 e. The highest BCUT2D eigenvalue weighted by molar-refractivity contribution is 7.10. The normalized spacial score (nSPS) is 23.6. The van der Waals surface area contributed by atoms with Crippen molar-refractivity contribution in [2.24, 2.45) is 11.3 Å². The van der Waals surface area contributed by atoms with Crippen LogP contribution >= 0.6 is 11.3 Å². The first-order valence-electron chi connectivity index (χ1n) is 8.10. The molecule has 2 fully saturated rings. The Balaban J connectivity index is 1.63.